The van der Waals surface area contributed by atoms with Crippen molar-refractivity contribution < 1.29 is 9.53 Å². The van der Waals surface area contributed by atoms with Crippen LogP contribution >= 0.6 is 0 Å². The number of ether oxygens (including phenoxy) is 1. The summed E-state index contributed by atoms with van der Waals surface area (Å²) in [7, 11) is 0. The molecule has 1 aliphatic heterocycles. The van der Waals surface area contributed by atoms with Gasteiger partial charge in [0.1, 0.15) is 6.10 Å². The molecule has 1 saturated heterocycles. The van der Waals surface area contributed by atoms with Gasteiger partial charge in [-0.05, 0) is 35.1 Å². The van der Waals surface area contributed by atoms with Crippen LogP contribution < -0.4 is 5.32 Å². The summed E-state index contributed by atoms with van der Waals surface area (Å²) >= 11 is 0. The molecule has 1 amide bonds. The van der Waals surface area contributed by atoms with Crippen LogP contribution in [0.25, 0.3) is 0 Å². The van der Waals surface area contributed by atoms with Crippen LogP contribution in [0.4, 0.5) is 0 Å². The third-order valence-electron chi connectivity index (χ3n) is 5.80. The number of amides is 1. The Morgan fingerprint density at radius 3 is 2.35 bits per heavy atom. The topological polar surface area (TPSA) is 38.3 Å². The molecule has 2 aromatic rings. The average Bonchev–Trinajstić information content (AvgIpc) is 3.10. The fourth-order valence-corrected chi connectivity index (χ4v) is 4.91. The highest BCUT2D eigenvalue weighted by Crippen LogP contribution is 2.61. The van der Waals surface area contributed by atoms with Gasteiger partial charge in [-0.2, -0.15) is 0 Å². The van der Waals surface area contributed by atoms with Crippen molar-refractivity contribution in [2.75, 3.05) is 13.2 Å². The van der Waals surface area contributed by atoms with E-state index in [0.29, 0.717) is 19.1 Å². The molecular weight excluding hydrogens is 286 g/mol. The predicted molar refractivity (Wildman–Crippen MR) is 87.5 cm³/mol. The summed E-state index contributed by atoms with van der Waals surface area (Å²) in [6.45, 7) is 1.23. The van der Waals surface area contributed by atoms with E-state index in [0.717, 1.165) is 12.8 Å². The molecule has 2 aromatic carbocycles. The number of hydrogen-bond donors (Lipinski definition) is 1. The van der Waals surface area contributed by atoms with Crippen LogP contribution in [0.3, 0.4) is 0 Å². The van der Waals surface area contributed by atoms with Crippen molar-refractivity contribution in [2.45, 2.75) is 30.3 Å². The number of benzene rings is 2. The van der Waals surface area contributed by atoms with Crippen molar-refractivity contribution in [2.24, 2.45) is 0 Å². The highest BCUT2D eigenvalue weighted by Gasteiger charge is 2.54. The van der Waals surface area contributed by atoms with Gasteiger partial charge in [-0.1, -0.05) is 48.5 Å². The Kier molecular flexibility index (Phi) is 2.71. The summed E-state index contributed by atoms with van der Waals surface area (Å²) in [5, 5.41) is 2.94. The fourth-order valence-electron chi connectivity index (χ4n) is 4.91. The molecular formula is C20H19NO2. The highest BCUT2D eigenvalue weighted by atomic mass is 16.5. The quantitative estimate of drug-likeness (QED) is 0.926. The lowest BCUT2D eigenvalue weighted by atomic mass is 9.71. The summed E-state index contributed by atoms with van der Waals surface area (Å²) in [5.41, 5.74) is 5.58. The fraction of sp³-hybridized carbons (Fsp3) is 0.350. The van der Waals surface area contributed by atoms with Gasteiger partial charge >= 0.3 is 0 Å². The molecule has 5 rings (SSSR count). The first-order chi connectivity index (χ1) is 11.3. The Morgan fingerprint density at radius 2 is 1.70 bits per heavy atom. The van der Waals surface area contributed by atoms with Gasteiger partial charge in [-0.25, -0.2) is 0 Å². The third-order valence-corrected chi connectivity index (χ3v) is 5.80. The molecule has 1 atom stereocenters. The lowest BCUT2D eigenvalue weighted by Gasteiger charge is -2.35. The molecule has 1 fully saturated rings. The van der Waals surface area contributed by atoms with Crippen LogP contribution in [0.5, 0.6) is 0 Å². The first kappa shape index (κ1) is 13.3. The molecule has 0 spiro atoms. The zero-order chi connectivity index (χ0) is 15.4. The maximum atomic E-state index is 12.2. The Morgan fingerprint density at radius 1 is 1.04 bits per heavy atom. The van der Waals surface area contributed by atoms with Crippen LogP contribution in [-0.2, 0) is 14.9 Å². The standard InChI is InChI=1S/C20H19NO2/c22-19-18(23-10-9-21-19)12-20-11-15(13-5-1-3-7-16(13)20)14-6-2-4-8-17(14)20/h1-8,15,18H,9-12H2,(H,21,22). The van der Waals surface area contributed by atoms with Crippen LogP contribution in [0.1, 0.15) is 41.0 Å². The maximum Gasteiger partial charge on any atom is 0.249 e. The first-order valence-corrected chi connectivity index (χ1v) is 8.38. The number of carbonyl (C=O) groups excluding carboxylic acids is 1. The van der Waals surface area contributed by atoms with E-state index in [4.69, 9.17) is 4.74 Å². The number of nitrogens with one attached hydrogen (secondary N) is 1. The van der Waals surface area contributed by atoms with Gasteiger partial charge in [0.2, 0.25) is 5.91 Å². The van der Waals surface area contributed by atoms with Crippen molar-refractivity contribution in [3.05, 3.63) is 70.8 Å². The molecule has 116 valence electrons. The molecule has 0 radical (unpaired) electrons. The van der Waals surface area contributed by atoms with Crippen molar-refractivity contribution in [3.8, 4) is 0 Å². The summed E-state index contributed by atoms with van der Waals surface area (Å²) in [6, 6.07) is 17.5. The molecule has 1 heterocycles. The molecule has 0 aromatic heterocycles. The predicted octanol–water partition coefficient (Wildman–Crippen LogP) is 2.73. The van der Waals surface area contributed by atoms with Gasteiger partial charge in [0, 0.05) is 17.9 Å². The zero-order valence-electron chi connectivity index (χ0n) is 12.9. The lowest BCUT2D eigenvalue weighted by Crippen LogP contribution is -2.47. The Labute approximate surface area is 135 Å². The van der Waals surface area contributed by atoms with Crippen LogP contribution in [0.15, 0.2) is 48.5 Å². The van der Waals surface area contributed by atoms with Gasteiger partial charge < -0.3 is 10.1 Å². The second-order valence-corrected chi connectivity index (χ2v) is 6.87. The van der Waals surface area contributed by atoms with Gasteiger partial charge in [0.25, 0.3) is 0 Å². The van der Waals surface area contributed by atoms with Gasteiger partial charge in [0.05, 0.1) is 6.61 Å². The molecule has 1 N–H and O–H groups in total. The summed E-state index contributed by atoms with van der Waals surface area (Å²) in [4.78, 5) is 12.2. The lowest BCUT2D eigenvalue weighted by molar-refractivity contribution is -0.138. The number of hydrogen-bond acceptors (Lipinski definition) is 2. The van der Waals surface area contributed by atoms with E-state index >= 15 is 0 Å². The molecule has 3 aliphatic rings. The zero-order valence-corrected chi connectivity index (χ0v) is 12.9. The van der Waals surface area contributed by atoms with E-state index in [1.165, 1.54) is 22.3 Å². The molecule has 3 nitrogen and oxygen atoms in total. The average molecular weight is 305 g/mol. The number of morpholine rings is 1. The summed E-state index contributed by atoms with van der Waals surface area (Å²) in [6.07, 6.45) is 1.46. The largest absolute Gasteiger partial charge is 0.367 e. The summed E-state index contributed by atoms with van der Waals surface area (Å²) in [5.74, 6) is 0.505. The minimum atomic E-state index is -0.346. The monoisotopic (exact) mass is 305 g/mol. The van der Waals surface area contributed by atoms with E-state index in [9.17, 15) is 4.79 Å². The van der Waals surface area contributed by atoms with Crippen LogP contribution in [0, 0.1) is 0 Å². The molecule has 2 bridgehead atoms. The van der Waals surface area contributed by atoms with E-state index in [1.54, 1.807) is 0 Å². The molecule has 23 heavy (non-hydrogen) atoms. The molecule has 0 saturated carbocycles. The van der Waals surface area contributed by atoms with E-state index in [2.05, 4.69) is 53.8 Å². The Bertz CT molecular complexity index is 750. The van der Waals surface area contributed by atoms with E-state index < -0.39 is 0 Å². The van der Waals surface area contributed by atoms with Crippen molar-refractivity contribution in [1.82, 2.24) is 5.32 Å². The molecule has 2 aliphatic carbocycles. The first-order valence-electron chi connectivity index (χ1n) is 8.38. The maximum absolute atomic E-state index is 12.2. The minimum Gasteiger partial charge on any atom is -0.367 e. The number of carbonyl (C=O) groups is 1. The van der Waals surface area contributed by atoms with Crippen molar-refractivity contribution >= 4 is 5.91 Å². The van der Waals surface area contributed by atoms with Crippen LogP contribution in [0.2, 0.25) is 0 Å². The minimum absolute atomic E-state index is 0.0379. The smallest absolute Gasteiger partial charge is 0.249 e. The van der Waals surface area contributed by atoms with Gasteiger partial charge in [-0.3, -0.25) is 4.79 Å². The second-order valence-electron chi connectivity index (χ2n) is 6.87. The number of rotatable bonds is 2. The Balaban J connectivity index is 1.65. The van der Waals surface area contributed by atoms with E-state index in [-0.39, 0.29) is 17.4 Å². The third kappa shape index (κ3) is 1.71. The number of fused-ring (bicyclic) bond motifs is 8. The SMILES string of the molecule is O=C1NCCOC1CC12CC(c3ccccc31)c1ccccc12. The molecule has 1 unspecified atom stereocenters. The highest BCUT2D eigenvalue weighted by molar-refractivity contribution is 5.82. The second kappa shape index (κ2) is 4.68. The van der Waals surface area contributed by atoms with Gasteiger partial charge in [0.15, 0.2) is 0 Å². The van der Waals surface area contributed by atoms with Crippen molar-refractivity contribution in [1.29, 1.82) is 0 Å². The Hall–Kier alpha value is -2.13. The van der Waals surface area contributed by atoms with E-state index in [1.807, 2.05) is 0 Å². The van der Waals surface area contributed by atoms with Crippen molar-refractivity contribution in [3.63, 3.8) is 0 Å². The van der Waals surface area contributed by atoms with Crippen LogP contribution in [-0.4, -0.2) is 25.2 Å². The van der Waals surface area contributed by atoms with Gasteiger partial charge in [-0.15, -0.1) is 0 Å². The molecule has 3 heteroatoms. The summed E-state index contributed by atoms with van der Waals surface area (Å²) < 4.78 is 5.82. The normalized spacial score (nSPS) is 30.7.